The van der Waals surface area contributed by atoms with Crippen LogP contribution in [-0.2, 0) is 5.75 Å². The molecule has 0 spiro atoms. The maximum absolute atomic E-state index is 12.3. The molecule has 7 nitrogen and oxygen atoms in total. The maximum atomic E-state index is 12.3. The van der Waals surface area contributed by atoms with Gasteiger partial charge in [-0.2, -0.15) is 16.4 Å². The van der Waals surface area contributed by atoms with Crippen molar-refractivity contribution in [3.63, 3.8) is 0 Å². The van der Waals surface area contributed by atoms with E-state index in [2.05, 4.69) is 15.5 Å². The summed E-state index contributed by atoms with van der Waals surface area (Å²) in [6.45, 7) is 0.420. The molecule has 2 aromatic carbocycles. The largest absolute Gasteiger partial charge is 0.274 e. The van der Waals surface area contributed by atoms with E-state index in [1.54, 1.807) is 40.7 Å². The zero-order chi connectivity index (χ0) is 18.6. The number of rotatable bonds is 7. The molecule has 0 saturated carbocycles. The molecule has 0 fully saturated rings. The number of carbonyl (C=O) groups excluding carboxylic acids is 2. The SMILES string of the molecule is O=C1c2ccccc2C(=O)N1CCCSCc1nnnn1-c1ccccc1. The molecule has 2 heterocycles. The predicted molar refractivity (Wildman–Crippen MR) is 102 cm³/mol. The monoisotopic (exact) mass is 379 g/mol. The number of para-hydroxylation sites is 1. The Morgan fingerprint density at radius 2 is 1.56 bits per heavy atom. The first kappa shape index (κ1) is 17.4. The highest BCUT2D eigenvalue weighted by Gasteiger charge is 2.34. The minimum absolute atomic E-state index is 0.200. The molecule has 4 rings (SSSR count). The smallest absolute Gasteiger partial charge is 0.261 e. The van der Waals surface area contributed by atoms with Gasteiger partial charge in [-0.25, -0.2) is 0 Å². The zero-order valence-corrected chi connectivity index (χ0v) is 15.3. The number of fused-ring (bicyclic) bond motifs is 1. The van der Waals surface area contributed by atoms with E-state index in [9.17, 15) is 9.59 Å². The van der Waals surface area contributed by atoms with Gasteiger partial charge in [0.2, 0.25) is 0 Å². The molecule has 2 amide bonds. The first-order valence-corrected chi connectivity index (χ1v) is 9.77. The summed E-state index contributed by atoms with van der Waals surface area (Å²) in [7, 11) is 0. The minimum atomic E-state index is -0.200. The Bertz CT molecular complexity index is 938. The van der Waals surface area contributed by atoms with E-state index in [-0.39, 0.29) is 11.8 Å². The third kappa shape index (κ3) is 3.48. The van der Waals surface area contributed by atoms with Crippen molar-refractivity contribution >= 4 is 23.6 Å². The molecule has 0 saturated heterocycles. The fourth-order valence-corrected chi connectivity index (χ4v) is 3.84. The maximum Gasteiger partial charge on any atom is 0.261 e. The highest BCUT2D eigenvalue weighted by molar-refractivity contribution is 7.98. The van der Waals surface area contributed by atoms with E-state index in [1.807, 2.05) is 30.3 Å². The Hall–Kier alpha value is -3.00. The second-order valence-corrected chi connectivity index (χ2v) is 7.16. The van der Waals surface area contributed by atoms with Crippen LogP contribution in [0.25, 0.3) is 5.69 Å². The lowest BCUT2D eigenvalue weighted by Gasteiger charge is -2.13. The van der Waals surface area contributed by atoms with E-state index in [1.165, 1.54) is 4.90 Å². The third-order valence-corrected chi connectivity index (χ3v) is 5.35. The molecule has 0 radical (unpaired) electrons. The van der Waals surface area contributed by atoms with Crippen LogP contribution in [0, 0.1) is 0 Å². The second kappa shape index (κ2) is 7.71. The first-order chi connectivity index (χ1) is 13.3. The summed E-state index contributed by atoms with van der Waals surface area (Å²) in [6.07, 6.45) is 0.725. The number of nitrogens with zero attached hydrogens (tertiary/aromatic N) is 5. The molecule has 0 unspecified atom stereocenters. The summed E-state index contributed by atoms with van der Waals surface area (Å²) in [6, 6.07) is 16.7. The van der Waals surface area contributed by atoms with Crippen LogP contribution in [0.15, 0.2) is 54.6 Å². The van der Waals surface area contributed by atoms with Gasteiger partial charge in [0.25, 0.3) is 11.8 Å². The van der Waals surface area contributed by atoms with Crippen molar-refractivity contribution < 1.29 is 9.59 Å². The number of hydrogen-bond donors (Lipinski definition) is 0. The van der Waals surface area contributed by atoms with Crippen molar-refractivity contribution in [3.8, 4) is 5.69 Å². The highest BCUT2D eigenvalue weighted by Crippen LogP contribution is 2.23. The molecular formula is C19H17N5O2S. The summed E-state index contributed by atoms with van der Waals surface area (Å²) in [5.41, 5.74) is 1.92. The summed E-state index contributed by atoms with van der Waals surface area (Å²) in [4.78, 5) is 26.0. The summed E-state index contributed by atoms with van der Waals surface area (Å²) >= 11 is 1.68. The molecule has 0 atom stereocenters. The van der Waals surface area contributed by atoms with Gasteiger partial charge < -0.3 is 0 Å². The number of aromatic nitrogens is 4. The highest BCUT2D eigenvalue weighted by atomic mass is 32.2. The van der Waals surface area contributed by atoms with Gasteiger partial charge in [-0.3, -0.25) is 14.5 Å². The molecule has 0 bridgehead atoms. The normalized spacial score (nSPS) is 13.3. The lowest BCUT2D eigenvalue weighted by Crippen LogP contribution is -2.31. The van der Waals surface area contributed by atoms with Gasteiger partial charge in [0.15, 0.2) is 5.82 Å². The van der Waals surface area contributed by atoms with E-state index in [0.717, 1.165) is 23.7 Å². The first-order valence-electron chi connectivity index (χ1n) is 8.61. The van der Waals surface area contributed by atoms with Gasteiger partial charge in [-0.1, -0.05) is 30.3 Å². The number of imide groups is 1. The van der Waals surface area contributed by atoms with Crippen LogP contribution in [0.2, 0.25) is 0 Å². The average molecular weight is 379 g/mol. The molecule has 136 valence electrons. The van der Waals surface area contributed by atoms with Gasteiger partial charge in [-0.05, 0) is 46.9 Å². The van der Waals surface area contributed by atoms with Gasteiger partial charge >= 0.3 is 0 Å². The predicted octanol–water partition coefficient (Wildman–Crippen LogP) is 2.58. The van der Waals surface area contributed by atoms with E-state index in [0.29, 0.717) is 23.4 Å². The summed E-state index contributed by atoms with van der Waals surface area (Å²) in [5.74, 6) is 1.83. The molecule has 27 heavy (non-hydrogen) atoms. The molecule has 0 aliphatic carbocycles. The Morgan fingerprint density at radius 3 is 2.26 bits per heavy atom. The van der Waals surface area contributed by atoms with Crippen LogP contribution in [0.4, 0.5) is 0 Å². The van der Waals surface area contributed by atoms with Crippen molar-refractivity contribution in [1.82, 2.24) is 25.1 Å². The van der Waals surface area contributed by atoms with Gasteiger partial charge in [-0.15, -0.1) is 5.10 Å². The van der Waals surface area contributed by atoms with Crippen molar-refractivity contribution in [1.29, 1.82) is 0 Å². The minimum Gasteiger partial charge on any atom is -0.274 e. The van der Waals surface area contributed by atoms with Crippen LogP contribution < -0.4 is 0 Å². The number of thioether (sulfide) groups is 1. The van der Waals surface area contributed by atoms with Crippen LogP contribution in [-0.4, -0.2) is 49.2 Å². The average Bonchev–Trinajstić information content (AvgIpc) is 3.27. The van der Waals surface area contributed by atoms with E-state index < -0.39 is 0 Å². The topological polar surface area (TPSA) is 81.0 Å². The Kier molecular flexibility index (Phi) is 4.97. The van der Waals surface area contributed by atoms with Gasteiger partial charge in [0, 0.05) is 6.54 Å². The van der Waals surface area contributed by atoms with Crippen molar-refractivity contribution in [2.24, 2.45) is 0 Å². The molecule has 8 heteroatoms. The molecule has 1 aromatic heterocycles. The molecule has 0 N–H and O–H groups in total. The molecular weight excluding hydrogens is 362 g/mol. The fourth-order valence-electron chi connectivity index (χ4n) is 3.00. The van der Waals surface area contributed by atoms with Gasteiger partial charge in [0.05, 0.1) is 22.6 Å². The summed E-state index contributed by atoms with van der Waals surface area (Å²) < 4.78 is 1.72. The molecule has 3 aromatic rings. The van der Waals surface area contributed by atoms with Crippen molar-refractivity contribution in [2.75, 3.05) is 12.3 Å². The van der Waals surface area contributed by atoms with Crippen molar-refractivity contribution in [2.45, 2.75) is 12.2 Å². The number of hydrogen-bond acceptors (Lipinski definition) is 6. The number of amides is 2. The van der Waals surface area contributed by atoms with Crippen LogP contribution in [0.5, 0.6) is 0 Å². The van der Waals surface area contributed by atoms with Crippen LogP contribution >= 0.6 is 11.8 Å². The van der Waals surface area contributed by atoms with E-state index in [4.69, 9.17) is 0 Å². The van der Waals surface area contributed by atoms with E-state index >= 15 is 0 Å². The Labute approximate surface area is 160 Å². The van der Waals surface area contributed by atoms with Crippen LogP contribution in [0.1, 0.15) is 33.0 Å². The number of carbonyl (C=O) groups is 2. The fraction of sp³-hybridized carbons (Fsp3) is 0.211. The Balaban J connectivity index is 1.28. The second-order valence-electron chi connectivity index (χ2n) is 6.06. The number of tetrazole rings is 1. The molecule has 1 aliphatic rings. The lowest BCUT2D eigenvalue weighted by atomic mass is 10.1. The molecule has 1 aliphatic heterocycles. The lowest BCUT2D eigenvalue weighted by molar-refractivity contribution is 0.0655. The van der Waals surface area contributed by atoms with Crippen LogP contribution in [0.3, 0.4) is 0 Å². The zero-order valence-electron chi connectivity index (χ0n) is 14.5. The van der Waals surface area contributed by atoms with Crippen molar-refractivity contribution in [3.05, 3.63) is 71.5 Å². The van der Waals surface area contributed by atoms with Gasteiger partial charge in [0.1, 0.15) is 0 Å². The Morgan fingerprint density at radius 1 is 0.889 bits per heavy atom. The summed E-state index contributed by atoms with van der Waals surface area (Å²) in [5, 5.41) is 11.9. The standard InChI is InChI=1S/C19H17N5O2S/c25-18-15-9-4-5-10-16(15)19(26)23(18)11-6-12-27-13-17-20-21-22-24(17)14-7-2-1-3-8-14/h1-5,7-10H,6,11-13H2. The number of benzene rings is 2. The quantitative estimate of drug-likeness (QED) is 0.464. The third-order valence-electron chi connectivity index (χ3n) is 4.31.